The number of carbonyl (C=O) groups is 3. The highest BCUT2D eigenvalue weighted by Gasteiger charge is 2.22. The van der Waals surface area contributed by atoms with Crippen molar-refractivity contribution in [2.75, 3.05) is 32.1 Å². The third-order valence-electron chi connectivity index (χ3n) is 6.85. The van der Waals surface area contributed by atoms with E-state index in [1.165, 1.54) is 7.11 Å². The molecule has 0 radical (unpaired) electrons. The Hall–Kier alpha value is -4.46. The first-order valence-corrected chi connectivity index (χ1v) is 14.6. The summed E-state index contributed by atoms with van der Waals surface area (Å²) < 4.78 is 10.9. The Balaban J connectivity index is 1.24. The van der Waals surface area contributed by atoms with E-state index in [2.05, 4.69) is 10.6 Å². The largest absolute Gasteiger partial charge is 0.494 e. The zero-order valence-corrected chi connectivity index (χ0v) is 24.8. The topological polar surface area (TPSA) is 93.7 Å². The Bertz CT molecular complexity index is 1490. The molecule has 0 aromatic heterocycles. The molecule has 1 atom stereocenters. The molecular formula is C35H35ClN2O5. The number of para-hydroxylation sites is 1. The van der Waals surface area contributed by atoms with Crippen molar-refractivity contribution in [1.82, 2.24) is 5.32 Å². The molecule has 0 fully saturated rings. The molecule has 0 aliphatic heterocycles. The Labute approximate surface area is 257 Å². The molecule has 43 heavy (non-hydrogen) atoms. The van der Waals surface area contributed by atoms with Crippen molar-refractivity contribution in [2.24, 2.45) is 0 Å². The van der Waals surface area contributed by atoms with E-state index in [1.54, 1.807) is 54.6 Å². The summed E-state index contributed by atoms with van der Waals surface area (Å²) in [5.41, 5.74) is 3.19. The number of ether oxygens (including phenoxy) is 2. The molecule has 7 nitrogen and oxygen atoms in total. The first-order valence-electron chi connectivity index (χ1n) is 14.2. The normalized spacial score (nSPS) is 11.4. The number of halogens is 1. The highest BCUT2D eigenvalue weighted by atomic mass is 35.5. The van der Waals surface area contributed by atoms with Crippen LogP contribution in [0.2, 0.25) is 5.02 Å². The summed E-state index contributed by atoms with van der Waals surface area (Å²) in [5, 5.41) is 7.11. The van der Waals surface area contributed by atoms with Gasteiger partial charge in [0.2, 0.25) is 0 Å². The number of rotatable bonds is 16. The molecule has 0 aliphatic rings. The average Bonchev–Trinajstić information content (AvgIpc) is 3.05. The molecule has 0 saturated heterocycles. The van der Waals surface area contributed by atoms with Crippen molar-refractivity contribution < 1.29 is 23.9 Å². The molecule has 0 amide bonds. The fourth-order valence-electron chi connectivity index (χ4n) is 4.53. The molecule has 4 rings (SSSR count). The second-order valence-electron chi connectivity index (χ2n) is 9.94. The maximum atomic E-state index is 13.1. The van der Waals surface area contributed by atoms with E-state index in [1.807, 2.05) is 48.5 Å². The van der Waals surface area contributed by atoms with Gasteiger partial charge in [-0.3, -0.25) is 9.59 Å². The lowest BCUT2D eigenvalue weighted by Gasteiger charge is -2.20. The van der Waals surface area contributed by atoms with E-state index in [0.29, 0.717) is 53.4 Å². The first-order chi connectivity index (χ1) is 20.9. The molecule has 0 bridgehead atoms. The van der Waals surface area contributed by atoms with Gasteiger partial charge in [0.1, 0.15) is 11.8 Å². The lowest BCUT2D eigenvalue weighted by Crippen LogP contribution is -2.33. The van der Waals surface area contributed by atoms with Gasteiger partial charge in [-0.05, 0) is 67.1 Å². The number of esters is 1. The molecule has 4 aromatic carbocycles. The van der Waals surface area contributed by atoms with Crippen LogP contribution in [0.1, 0.15) is 44.7 Å². The molecule has 0 aliphatic carbocycles. The van der Waals surface area contributed by atoms with Gasteiger partial charge in [0, 0.05) is 46.8 Å². The molecule has 222 valence electrons. The summed E-state index contributed by atoms with van der Waals surface area (Å²) in [5.74, 6) is 0.248. The van der Waals surface area contributed by atoms with Crippen LogP contribution in [0.3, 0.4) is 0 Å². The van der Waals surface area contributed by atoms with Gasteiger partial charge in [-0.15, -0.1) is 0 Å². The molecule has 0 heterocycles. The Morgan fingerprint density at radius 2 is 1.49 bits per heavy atom. The predicted molar refractivity (Wildman–Crippen MR) is 169 cm³/mol. The van der Waals surface area contributed by atoms with Crippen LogP contribution in [0.15, 0.2) is 103 Å². The number of carbonyl (C=O) groups excluding carboxylic acids is 3. The summed E-state index contributed by atoms with van der Waals surface area (Å²) in [6, 6.07) is 30.0. The zero-order valence-electron chi connectivity index (χ0n) is 24.1. The molecule has 0 spiro atoms. The number of Topliss-reactive ketones (excluding diaryl/α,β-unsaturated/α-hetero) is 1. The van der Waals surface area contributed by atoms with Crippen molar-refractivity contribution in [3.05, 3.63) is 130 Å². The van der Waals surface area contributed by atoms with Gasteiger partial charge in [-0.2, -0.15) is 0 Å². The average molecular weight is 599 g/mol. The smallest absolute Gasteiger partial charge is 0.328 e. The minimum atomic E-state index is -0.695. The van der Waals surface area contributed by atoms with Crippen LogP contribution in [0.5, 0.6) is 5.75 Å². The van der Waals surface area contributed by atoms with Gasteiger partial charge in [0.15, 0.2) is 11.6 Å². The summed E-state index contributed by atoms with van der Waals surface area (Å²) in [6.45, 7) is 1.85. The maximum Gasteiger partial charge on any atom is 0.328 e. The number of nitrogens with one attached hydrogen (secondary N) is 2. The van der Waals surface area contributed by atoms with Gasteiger partial charge >= 0.3 is 5.97 Å². The number of hydrogen-bond acceptors (Lipinski definition) is 7. The van der Waals surface area contributed by atoms with E-state index in [-0.39, 0.29) is 11.6 Å². The number of ketones is 2. The standard InChI is InChI=1S/C35H35ClN2O5/c1-42-35(41)32(38-31-11-6-5-10-30(31)34(40)27-8-3-2-4-9-27)24-25-12-18-29(19-13-25)43-23-7-21-37-22-20-33(39)26-14-16-28(36)17-15-26/h2-6,8-19,32,37-38H,7,20-24H2,1H3. The molecule has 4 aromatic rings. The van der Waals surface area contributed by atoms with Crippen molar-refractivity contribution in [3.63, 3.8) is 0 Å². The second kappa shape index (κ2) is 16.2. The summed E-state index contributed by atoms with van der Waals surface area (Å²) in [6.07, 6.45) is 1.56. The minimum absolute atomic E-state index is 0.0787. The SMILES string of the molecule is COC(=O)C(Cc1ccc(OCCCNCCC(=O)c2ccc(Cl)cc2)cc1)Nc1ccccc1C(=O)c1ccccc1. The van der Waals surface area contributed by atoms with Crippen LogP contribution < -0.4 is 15.4 Å². The first kappa shape index (κ1) is 31.5. The quantitative estimate of drug-likeness (QED) is 0.0876. The van der Waals surface area contributed by atoms with Crippen LogP contribution in [0.4, 0.5) is 5.69 Å². The highest BCUT2D eigenvalue weighted by Crippen LogP contribution is 2.22. The van der Waals surface area contributed by atoms with Gasteiger partial charge in [-0.1, -0.05) is 66.2 Å². The van der Waals surface area contributed by atoms with Crippen molar-refractivity contribution in [3.8, 4) is 5.75 Å². The van der Waals surface area contributed by atoms with Gasteiger partial charge in [-0.25, -0.2) is 4.79 Å². The van der Waals surface area contributed by atoms with Crippen molar-refractivity contribution >= 4 is 34.8 Å². The lowest BCUT2D eigenvalue weighted by atomic mass is 10.00. The van der Waals surface area contributed by atoms with Crippen LogP contribution in [0, 0.1) is 0 Å². The monoisotopic (exact) mass is 598 g/mol. The molecule has 0 saturated carbocycles. The summed E-state index contributed by atoms with van der Waals surface area (Å²) >= 11 is 5.87. The van der Waals surface area contributed by atoms with Crippen molar-refractivity contribution in [2.45, 2.75) is 25.3 Å². The zero-order chi connectivity index (χ0) is 30.4. The minimum Gasteiger partial charge on any atom is -0.494 e. The summed E-state index contributed by atoms with van der Waals surface area (Å²) in [7, 11) is 1.35. The Morgan fingerprint density at radius 1 is 0.791 bits per heavy atom. The number of methoxy groups -OCH3 is 1. The van der Waals surface area contributed by atoms with Gasteiger partial charge in [0.05, 0.1) is 13.7 Å². The molecule has 8 heteroatoms. The van der Waals surface area contributed by atoms with E-state index >= 15 is 0 Å². The van der Waals surface area contributed by atoms with E-state index in [0.717, 1.165) is 24.3 Å². The maximum absolute atomic E-state index is 13.1. The molecular weight excluding hydrogens is 564 g/mol. The Morgan fingerprint density at radius 3 is 2.21 bits per heavy atom. The third-order valence-corrected chi connectivity index (χ3v) is 7.10. The Kier molecular flexibility index (Phi) is 11.9. The van der Waals surface area contributed by atoms with Crippen LogP contribution in [-0.4, -0.2) is 50.4 Å². The number of anilines is 1. The molecule has 1 unspecified atom stereocenters. The third kappa shape index (κ3) is 9.53. The summed E-state index contributed by atoms with van der Waals surface area (Å²) in [4.78, 5) is 38.0. The fourth-order valence-corrected chi connectivity index (χ4v) is 4.65. The highest BCUT2D eigenvalue weighted by molar-refractivity contribution is 6.30. The number of hydrogen-bond donors (Lipinski definition) is 2. The molecule has 2 N–H and O–H groups in total. The van der Waals surface area contributed by atoms with Gasteiger partial charge < -0.3 is 20.1 Å². The fraction of sp³-hybridized carbons (Fsp3) is 0.229. The van der Waals surface area contributed by atoms with Crippen LogP contribution in [0.25, 0.3) is 0 Å². The number of benzene rings is 4. The van der Waals surface area contributed by atoms with E-state index < -0.39 is 12.0 Å². The van der Waals surface area contributed by atoms with Crippen molar-refractivity contribution in [1.29, 1.82) is 0 Å². The van der Waals surface area contributed by atoms with Crippen LogP contribution in [-0.2, 0) is 16.0 Å². The second-order valence-corrected chi connectivity index (χ2v) is 10.4. The van der Waals surface area contributed by atoms with Crippen LogP contribution >= 0.6 is 11.6 Å². The van der Waals surface area contributed by atoms with E-state index in [4.69, 9.17) is 21.1 Å². The lowest BCUT2D eigenvalue weighted by molar-refractivity contribution is -0.141. The predicted octanol–water partition coefficient (Wildman–Crippen LogP) is 6.40. The van der Waals surface area contributed by atoms with Gasteiger partial charge in [0.25, 0.3) is 0 Å². The van der Waals surface area contributed by atoms with E-state index in [9.17, 15) is 14.4 Å².